The van der Waals surface area contributed by atoms with Crippen molar-refractivity contribution in [3.05, 3.63) is 35.5 Å². The Labute approximate surface area is 92.9 Å². The SMILES string of the molecule is CN(C)CCc1c[nH]c2cc(F)cc(F)c12. The van der Waals surface area contributed by atoms with Crippen molar-refractivity contribution in [2.45, 2.75) is 6.42 Å². The summed E-state index contributed by atoms with van der Waals surface area (Å²) in [4.78, 5) is 4.92. The summed E-state index contributed by atoms with van der Waals surface area (Å²) in [6, 6.07) is 2.24. The van der Waals surface area contributed by atoms with Gasteiger partial charge in [-0.1, -0.05) is 0 Å². The van der Waals surface area contributed by atoms with Gasteiger partial charge in [0.15, 0.2) is 0 Å². The molecule has 0 saturated heterocycles. The first-order chi connectivity index (χ1) is 7.58. The number of benzene rings is 1. The van der Waals surface area contributed by atoms with Gasteiger partial charge in [0, 0.05) is 24.2 Å². The molecule has 16 heavy (non-hydrogen) atoms. The number of aromatic amines is 1. The van der Waals surface area contributed by atoms with Gasteiger partial charge in [-0.05, 0) is 32.1 Å². The minimum absolute atomic E-state index is 0.495. The molecule has 1 aromatic carbocycles. The van der Waals surface area contributed by atoms with Crippen molar-refractivity contribution < 1.29 is 8.78 Å². The quantitative estimate of drug-likeness (QED) is 0.848. The Hall–Kier alpha value is -1.42. The number of H-pyrrole nitrogens is 1. The van der Waals surface area contributed by atoms with Crippen LogP contribution in [0.25, 0.3) is 10.9 Å². The van der Waals surface area contributed by atoms with Crippen LogP contribution in [0.5, 0.6) is 0 Å². The van der Waals surface area contributed by atoms with Crippen LogP contribution in [0.3, 0.4) is 0 Å². The molecule has 0 radical (unpaired) electrons. The normalized spacial score (nSPS) is 11.6. The third-order valence-corrected chi connectivity index (χ3v) is 2.61. The summed E-state index contributed by atoms with van der Waals surface area (Å²) < 4.78 is 26.5. The van der Waals surface area contributed by atoms with Gasteiger partial charge >= 0.3 is 0 Å². The maximum atomic E-state index is 13.6. The Morgan fingerprint density at radius 2 is 2.00 bits per heavy atom. The number of halogens is 2. The molecule has 0 bridgehead atoms. The zero-order valence-corrected chi connectivity index (χ0v) is 9.35. The second kappa shape index (κ2) is 4.22. The number of likely N-dealkylation sites (N-methyl/N-ethyl adjacent to an activating group) is 1. The van der Waals surface area contributed by atoms with E-state index in [1.807, 2.05) is 19.0 Å². The number of aromatic nitrogens is 1. The largest absolute Gasteiger partial charge is 0.361 e. The van der Waals surface area contributed by atoms with Crippen molar-refractivity contribution in [2.75, 3.05) is 20.6 Å². The van der Waals surface area contributed by atoms with Gasteiger partial charge < -0.3 is 9.88 Å². The van der Waals surface area contributed by atoms with Gasteiger partial charge in [0.25, 0.3) is 0 Å². The van der Waals surface area contributed by atoms with E-state index < -0.39 is 11.6 Å². The summed E-state index contributed by atoms with van der Waals surface area (Å²) in [7, 11) is 3.93. The Kier molecular flexibility index (Phi) is 2.92. The first-order valence-corrected chi connectivity index (χ1v) is 5.17. The van der Waals surface area contributed by atoms with E-state index in [1.165, 1.54) is 6.07 Å². The third kappa shape index (κ3) is 2.07. The van der Waals surface area contributed by atoms with E-state index in [-0.39, 0.29) is 0 Å². The van der Waals surface area contributed by atoms with Crippen LogP contribution < -0.4 is 0 Å². The molecular formula is C12H14F2N2. The number of nitrogens with zero attached hydrogens (tertiary/aromatic N) is 1. The highest BCUT2D eigenvalue weighted by molar-refractivity contribution is 5.83. The number of fused-ring (bicyclic) bond motifs is 1. The van der Waals surface area contributed by atoms with Gasteiger partial charge in [-0.25, -0.2) is 8.78 Å². The number of hydrogen-bond donors (Lipinski definition) is 1. The fraction of sp³-hybridized carbons (Fsp3) is 0.333. The van der Waals surface area contributed by atoms with Crippen LogP contribution in [0.2, 0.25) is 0 Å². The van der Waals surface area contributed by atoms with Crippen molar-refractivity contribution in [3.63, 3.8) is 0 Å². The zero-order chi connectivity index (χ0) is 11.7. The highest BCUT2D eigenvalue weighted by atomic mass is 19.1. The molecule has 0 saturated carbocycles. The van der Waals surface area contributed by atoms with Gasteiger partial charge in [-0.3, -0.25) is 0 Å². The van der Waals surface area contributed by atoms with E-state index in [1.54, 1.807) is 6.20 Å². The molecule has 0 fully saturated rings. The third-order valence-electron chi connectivity index (χ3n) is 2.61. The molecule has 0 aliphatic rings. The lowest BCUT2D eigenvalue weighted by Crippen LogP contribution is -2.14. The standard InChI is InChI=1S/C12H14F2N2/c1-16(2)4-3-8-7-15-11-6-9(13)5-10(14)12(8)11/h5-7,15H,3-4H2,1-2H3. The van der Waals surface area contributed by atoms with Crippen molar-refractivity contribution in [1.29, 1.82) is 0 Å². The van der Waals surface area contributed by atoms with E-state index in [4.69, 9.17) is 0 Å². The molecule has 1 heterocycles. The van der Waals surface area contributed by atoms with Crippen molar-refractivity contribution in [1.82, 2.24) is 9.88 Å². The molecule has 0 amide bonds. The van der Waals surface area contributed by atoms with Crippen LogP contribution >= 0.6 is 0 Å². The summed E-state index contributed by atoms with van der Waals surface area (Å²) in [6.45, 7) is 0.837. The fourth-order valence-electron chi connectivity index (χ4n) is 1.79. The molecule has 0 unspecified atom stereocenters. The van der Waals surface area contributed by atoms with Gasteiger partial charge in [0.05, 0.1) is 5.52 Å². The molecule has 0 atom stereocenters. The molecule has 2 rings (SSSR count). The number of hydrogen-bond acceptors (Lipinski definition) is 1. The molecular weight excluding hydrogens is 210 g/mol. The lowest BCUT2D eigenvalue weighted by atomic mass is 10.1. The molecule has 1 aromatic heterocycles. The number of rotatable bonds is 3. The average molecular weight is 224 g/mol. The van der Waals surface area contributed by atoms with Crippen molar-refractivity contribution >= 4 is 10.9 Å². The van der Waals surface area contributed by atoms with Gasteiger partial charge in [-0.15, -0.1) is 0 Å². The van der Waals surface area contributed by atoms with Crippen LogP contribution in [0, 0.1) is 11.6 Å². The highest BCUT2D eigenvalue weighted by Gasteiger charge is 2.10. The summed E-state index contributed by atoms with van der Waals surface area (Å²) in [5, 5.41) is 0.503. The van der Waals surface area contributed by atoms with Crippen molar-refractivity contribution in [3.8, 4) is 0 Å². The number of nitrogens with one attached hydrogen (secondary N) is 1. The smallest absolute Gasteiger partial charge is 0.135 e. The molecule has 86 valence electrons. The maximum absolute atomic E-state index is 13.6. The minimum Gasteiger partial charge on any atom is -0.361 e. The van der Waals surface area contributed by atoms with Gasteiger partial charge in [-0.2, -0.15) is 0 Å². The zero-order valence-electron chi connectivity index (χ0n) is 9.35. The summed E-state index contributed by atoms with van der Waals surface area (Å²) in [6.07, 6.45) is 2.49. The van der Waals surface area contributed by atoms with Crippen LogP contribution in [-0.2, 0) is 6.42 Å². The van der Waals surface area contributed by atoms with Crippen LogP contribution in [0.1, 0.15) is 5.56 Å². The molecule has 1 N–H and O–H groups in total. The summed E-state index contributed by atoms with van der Waals surface area (Å²) in [5.41, 5.74) is 1.41. The first kappa shape index (κ1) is 11.1. The molecule has 2 nitrogen and oxygen atoms in total. The van der Waals surface area contributed by atoms with Gasteiger partial charge in [0.1, 0.15) is 11.6 Å². The fourth-order valence-corrected chi connectivity index (χ4v) is 1.79. The van der Waals surface area contributed by atoms with E-state index in [2.05, 4.69) is 4.98 Å². The first-order valence-electron chi connectivity index (χ1n) is 5.17. The Bertz CT molecular complexity index is 503. The van der Waals surface area contributed by atoms with E-state index in [0.717, 1.165) is 24.6 Å². The lowest BCUT2D eigenvalue weighted by Gasteiger charge is -2.08. The Morgan fingerprint density at radius 3 is 2.69 bits per heavy atom. The topological polar surface area (TPSA) is 19.0 Å². The Balaban J connectivity index is 2.40. The minimum atomic E-state index is -0.550. The van der Waals surface area contributed by atoms with Crippen molar-refractivity contribution in [2.24, 2.45) is 0 Å². The monoisotopic (exact) mass is 224 g/mol. The molecule has 0 aliphatic heterocycles. The summed E-state index contributed by atoms with van der Waals surface area (Å²) in [5.74, 6) is -1.05. The average Bonchev–Trinajstić information content (AvgIpc) is 2.57. The van der Waals surface area contributed by atoms with Crippen LogP contribution in [-0.4, -0.2) is 30.5 Å². The molecule has 0 aliphatic carbocycles. The predicted molar refractivity (Wildman–Crippen MR) is 60.5 cm³/mol. The maximum Gasteiger partial charge on any atom is 0.135 e. The highest BCUT2D eigenvalue weighted by Crippen LogP contribution is 2.23. The van der Waals surface area contributed by atoms with E-state index >= 15 is 0 Å². The van der Waals surface area contributed by atoms with Crippen LogP contribution in [0.4, 0.5) is 8.78 Å². The molecule has 4 heteroatoms. The molecule has 0 spiro atoms. The van der Waals surface area contributed by atoms with E-state index in [0.29, 0.717) is 10.9 Å². The molecule has 2 aromatic rings. The van der Waals surface area contributed by atoms with Gasteiger partial charge in [0.2, 0.25) is 0 Å². The predicted octanol–water partition coefficient (Wildman–Crippen LogP) is 2.55. The Morgan fingerprint density at radius 1 is 1.25 bits per heavy atom. The second-order valence-corrected chi connectivity index (χ2v) is 4.18. The van der Waals surface area contributed by atoms with Crippen LogP contribution in [0.15, 0.2) is 18.3 Å². The van der Waals surface area contributed by atoms with E-state index in [9.17, 15) is 8.78 Å². The summed E-state index contributed by atoms with van der Waals surface area (Å²) >= 11 is 0. The second-order valence-electron chi connectivity index (χ2n) is 4.18. The lowest BCUT2D eigenvalue weighted by molar-refractivity contribution is 0.414.